The van der Waals surface area contributed by atoms with Crippen molar-refractivity contribution < 1.29 is 0 Å². The number of hydrogen-bond donors (Lipinski definition) is 1. The number of hydrogen-bond acceptors (Lipinski definition) is 2. The Morgan fingerprint density at radius 3 is 2.67 bits per heavy atom. The van der Waals surface area contributed by atoms with Crippen molar-refractivity contribution in [3.63, 3.8) is 0 Å². The SMILES string of the molecule is Cc1ccc(CC(C)NC2CCC(C)C(C)C2)s1. The second-order valence-electron chi connectivity index (χ2n) is 6.25. The highest BCUT2D eigenvalue weighted by atomic mass is 32.1. The fourth-order valence-corrected chi connectivity index (χ4v) is 4.08. The van der Waals surface area contributed by atoms with E-state index in [0.717, 1.165) is 17.9 Å². The van der Waals surface area contributed by atoms with Gasteiger partial charge in [0, 0.05) is 21.8 Å². The smallest absolute Gasteiger partial charge is 0.00896 e. The number of thiophene rings is 1. The molecule has 18 heavy (non-hydrogen) atoms. The Labute approximate surface area is 116 Å². The van der Waals surface area contributed by atoms with Gasteiger partial charge in [-0.15, -0.1) is 11.3 Å². The zero-order valence-corrected chi connectivity index (χ0v) is 13.0. The minimum Gasteiger partial charge on any atom is -0.311 e. The lowest BCUT2D eigenvalue weighted by Crippen LogP contribution is -2.41. The van der Waals surface area contributed by atoms with Gasteiger partial charge in [0.1, 0.15) is 0 Å². The predicted molar refractivity (Wildman–Crippen MR) is 81.3 cm³/mol. The molecule has 1 aliphatic rings. The third-order valence-corrected chi connectivity index (χ3v) is 5.44. The molecule has 1 aromatic rings. The minimum atomic E-state index is 0.605. The van der Waals surface area contributed by atoms with Gasteiger partial charge in [-0.2, -0.15) is 0 Å². The largest absolute Gasteiger partial charge is 0.311 e. The third-order valence-electron chi connectivity index (χ3n) is 4.42. The Balaban J connectivity index is 1.79. The molecule has 1 nitrogen and oxygen atoms in total. The average molecular weight is 265 g/mol. The van der Waals surface area contributed by atoms with Gasteiger partial charge in [0.05, 0.1) is 0 Å². The highest BCUT2D eigenvalue weighted by molar-refractivity contribution is 7.11. The third kappa shape index (κ3) is 3.83. The molecule has 4 atom stereocenters. The Hall–Kier alpha value is -0.340. The number of nitrogens with one attached hydrogen (secondary N) is 1. The first-order chi connectivity index (χ1) is 8.54. The van der Waals surface area contributed by atoms with E-state index in [-0.39, 0.29) is 0 Å². The molecular formula is C16H27NS. The van der Waals surface area contributed by atoms with Gasteiger partial charge in [-0.05, 0) is 63.5 Å². The summed E-state index contributed by atoms with van der Waals surface area (Å²) in [6.45, 7) is 9.33. The highest BCUT2D eigenvalue weighted by Crippen LogP contribution is 2.29. The van der Waals surface area contributed by atoms with Crippen LogP contribution in [0.3, 0.4) is 0 Å². The molecule has 1 heterocycles. The lowest BCUT2D eigenvalue weighted by atomic mass is 9.79. The molecule has 1 N–H and O–H groups in total. The lowest BCUT2D eigenvalue weighted by molar-refractivity contribution is 0.217. The molecule has 4 unspecified atom stereocenters. The molecule has 102 valence electrons. The molecule has 0 aromatic carbocycles. The maximum Gasteiger partial charge on any atom is 0.00896 e. The fraction of sp³-hybridized carbons (Fsp3) is 0.750. The standard InChI is InChI=1S/C16H27NS/c1-11-5-7-15(9-12(11)2)17-13(3)10-16-8-6-14(4)18-16/h6,8,11-13,15,17H,5,7,9-10H2,1-4H3. The number of rotatable bonds is 4. The van der Waals surface area contributed by atoms with E-state index in [2.05, 4.69) is 45.1 Å². The molecule has 1 aromatic heterocycles. The second-order valence-corrected chi connectivity index (χ2v) is 7.62. The summed E-state index contributed by atoms with van der Waals surface area (Å²) < 4.78 is 0. The van der Waals surface area contributed by atoms with Gasteiger partial charge in [-0.1, -0.05) is 13.8 Å². The second kappa shape index (κ2) is 6.21. The maximum absolute atomic E-state index is 3.83. The molecule has 1 aliphatic carbocycles. The molecule has 0 bridgehead atoms. The maximum atomic E-state index is 3.83. The summed E-state index contributed by atoms with van der Waals surface area (Å²) in [6, 6.07) is 5.86. The molecule has 1 saturated carbocycles. The molecule has 0 spiro atoms. The van der Waals surface area contributed by atoms with Crippen molar-refractivity contribution in [3.05, 3.63) is 21.9 Å². The van der Waals surface area contributed by atoms with E-state index in [9.17, 15) is 0 Å². The van der Waals surface area contributed by atoms with Crippen LogP contribution in [0, 0.1) is 18.8 Å². The molecule has 0 radical (unpaired) electrons. The quantitative estimate of drug-likeness (QED) is 0.850. The van der Waals surface area contributed by atoms with E-state index >= 15 is 0 Å². The summed E-state index contributed by atoms with van der Waals surface area (Å²) in [5.41, 5.74) is 0. The van der Waals surface area contributed by atoms with Crippen LogP contribution in [0.1, 0.15) is 49.8 Å². The van der Waals surface area contributed by atoms with Crippen LogP contribution >= 0.6 is 11.3 Å². The van der Waals surface area contributed by atoms with E-state index in [0.29, 0.717) is 6.04 Å². The normalized spacial score (nSPS) is 30.3. The van der Waals surface area contributed by atoms with Gasteiger partial charge >= 0.3 is 0 Å². The Morgan fingerprint density at radius 1 is 1.28 bits per heavy atom. The molecule has 0 amide bonds. The van der Waals surface area contributed by atoms with E-state index in [1.807, 2.05) is 11.3 Å². The van der Waals surface area contributed by atoms with Crippen molar-refractivity contribution in [2.24, 2.45) is 11.8 Å². The van der Waals surface area contributed by atoms with Crippen LogP contribution in [0.5, 0.6) is 0 Å². The van der Waals surface area contributed by atoms with Gasteiger partial charge in [-0.25, -0.2) is 0 Å². The molecule has 2 heteroatoms. The number of aryl methyl sites for hydroxylation is 1. The first kappa shape index (κ1) is 14.1. The highest BCUT2D eigenvalue weighted by Gasteiger charge is 2.25. The summed E-state index contributed by atoms with van der Waals surface area (Å²) in [5, 5.41) is 3.83. The summed E-state index contributed by atoms with van der Waals surface area (Å²) in [7, 11) is 0. The van der Waals surface area contributed by atoms with Gasteiger partial charge in [0.25, 0.3) is 0 Å². The monoisotopic (exact) mass is 265 g/mol. The first-order valence-corrected chi connectivity index (χ1v) is 8.17. The topological polar surface area (TPSA) is 12.0 Å². The van der Waals surface area contributed by atoms with E-state index in [1.54, 1.807) is 0 Å². The van der Waals surface area contributed by atoms with Crippen LogP contribution < -0.4 is 5.32 Å². The van der Waals surface area contributed by atoms with Gasteiger partial charge in [-0.3, -0.25) is 0 Å². The van der Waals surface area contributed by atoms with Crippen LogP contribution in [0.4, 0.5) is 0 Å². The van der Waals surface area contributed by atoms with Crippen LogP contribution in [-0.2, 0) is 6.42 Å². The van der Waals surface area contributed by atoms with Crippen LogP contribution in [-0.4, -0.2) is 12.1 Å². The van der Waals surface area contributed by atoms with E-state index < -0.39 is 0 Å². The molecule has 2 rings (SSSR count). The Kier molecular flexibility index (Phi) is 4.85. The lowest BCUT2D eigenvalue weighted by Gasteiger charge is -2.34. The van der Waals surface area contributed by atoms with Gasteiger partial charge < -0.3 is 5.32 Å². The van der Waals surface area contributed by atoms with Gasteiger partial charge in [0.15, 0.2) is 0 Å². The van der Waals surface area contributed by atoms with Crippen LogP contribution in [0.15, 0.2) is 12.1 Å². The zero-order chi connectivity index (χ0) is 13.1. The van der Waals surface area contributed by atoms with Crippen molar-refractivity contribution >= 4 is 11.3 Å². The molecule has 1 fully saturated rings. The van der Waals surface area contributed by atoms with Crippen molar-refractivity contribution in [1.82, 2.24) is 5.32 Å². The summed E-state index contributed by atoms with van der Waals surface area (Å²) in [6.07, 6.45) is 5.29. The minimum absolute atomic E-state index is 0.605. The van der Waals surface area contributed by atoms with Crippen molar-refractivity contribution in [2.75, 3.05) is 0 Å². The molecule has 0 saturated heterocycles. The summed E-state index contributed by atoms with van der Waals surface area (Å²) in [4.78, 5) is 2.95. The van der Waals surface area contributed by atoms with Crippen molar-refractivity contribution in [1.29, 1.82) is 0 Å². The molecular weight excluding hydrogens is 238 g/mol. The fourth-order valence-electron chi connectivity index (χ4n) is 3.06. The summed E-state index contributed by atoms with van der Waals surface area (Å²) in [5.74, 6) is 1.80. The average Bonchev–Trinajstić information content (AvgIpc) is 2.69. The first-order valence-electron chi connectivity index (χ1n) is 7.36. The van der Waals surface area contributed by atoms with E-state index in [1.165, 1.54) is 35.4 Å². The Morgan fingerprint density at radius 2 is 2.06 bits per heavy atom. The predicted octanol–water partition coefficient (Wildman–Crippen LogP) is 4.40. The van der Waals surface area contributed by atoms with Crippen molar-refractivity contribution in [2.45, 2.75) is 65.5 Å². The van der Waals surface area contributed by atoms with Crippen LogP contribution in [0.25, 0.3) is 0 Å². The summed E-state index contributed by atoms with van der Waals surface area (Å²) >= 11 is 1.94. The molecule has 0 aliphatic heterocycles. The van der Waals surface area contributed by atoms with E-state index in [4.69, 9.17) is 0 Å². The van der Waals surface area contributed by atoms with Gasteiger partial charge in [0.2, 0.25) is 0 Å². The zero-order valence-electron chi connectivity index (χ0n) is 12.2. The Bertz CT molecular complexity index is 371. The van der Waals surface area contributed by atoms with Crippen molar-refractivity contribution in [3.8, 4) is 0 Å². The van der Waals surface area contributed by atoms with Crippen LogP contribution in [0.2, 0.25) is 0 Å².